The number of aromatic nitrogens is 3. The predicted molar refractivity (Wildman–Crippen MR) is 133 cm³/mol. The van der Waals surface area contributed by atoms with E-state index in [-0.39, 0.29) is 5.56 Å². The van der Waals surface area contributed by atoms with Crippen molar-refractivity contribution >= 4 is 22.6 Å². The van der Waals surface area contributed by atoms with E-state index in [2.05, 4.69) is 15.3 Å². The van der Waals surface area contributed by atoms with Crippen LogP contribution in [0.1, 0.15) is 21.6 Å². The molecule has 0 aliphatic carbocycles. The van der Waals surface area contributed by atoms with E-state index >= 15 is 0 Å². The molecule has 5 rings (SSSR count). The summed E-state index contributed by atoms with van der Waals surface area (Å²) in [6.45, 7) is 0.684. The lowest BCUT2D eigenvalue weighted by Crippen LogP contribution is -2.15. The molecule has 1 N–H and O–H groups in total. The summed E-state index contributed by atoms with van der Waals surface area (Å²) in [7, 11) is 0. The van der Waals surface area contributed by atoms with E-state index < -0.39 is 17.6 Å². The van der Waals surface area contributed by atoms with Crippen molar-refractivity contribution in [1.82, 2.24) is 14.5 Å². The van der Waals surface area contributed by atoms with Gasteiger partial charge >= 0.3 is 6.18 Å². The van der Waals surface area contributed by atoms with Gasteiger partial charge in [-0.2, -0.15) is 13.2 Å². The molecule has 8 heteroatoms. The molecular weight excluding hydrogens is 465 g/mol. The van der Waals surface area contributed by atoms with Crippen molar-refractivity contribution in [2.45, 2.75) is 19.1 Å². The van der Waals surface area contributed by atoms with Crippen LogP contribution in [-0.4, -0.2) is 20.4 Å². The summed E-state index contributed by atoms with van der Waals surface area (Å²) in [6, 6.07) is 23.1. The Kier molecular flexibility index (Phi) is 6.25. The number of carbonyl (C=O) groups excluding carboxylic acids is 1. The average molecular weight is 486 g/mol. The molecule has 0 bridgehead atoms. The van der Waals surface area contributed by atoms with Gasteiger partial charge in [0.1, 0.15) is 0 Å². The number of pyridine rings is 1. The van der Waals surface area contributed by atoms with Gasteiger partial charge in [0.2, 0.25) is 0 Å². The second kappa shape index (κ2) is 9.65. The van der Waals surface area contributed by atoms with Crippen LogP contribution in [0.2, 0.25) is 0 Å². The van der Waals surface area contributed by atoms with Gasteiger partial charge in [-0.05, 0) is 53.6 Å². The molecule has 2 aromatic heterocycles. The molecule has 0 radical (unpaired) electrons. The molecule has 5 aromatic rings. The largest absolute Gasteiger partial charge is 0.416 e. The zero-order chi connectivity index (χ0) is 25.1. The van der Waals surface area contributed by atoms with Gasteiger partial charge in [-0.25, -0.2) is 4.98 Å². The van der Waals surface area contributed by atoms with Crippen LogP contribution in [0.25, 0.3) is 22.2 Å². The Morgan fingerprint density at radius 1 is 0.889 bits per heavy atom. The van der Waals surface area contributed by atoms with Crippen LogP contribution >= 0.6 is 0 Å². The van der Waals surface area contributed by atoms with E-state index in [1.807, 2.05) is 28.8 Å². The molecule has 2 heterocycles. The van der Waals surface area contributed by atoms with Crippen molar-refractivity contribution in [1.29, 1.82) is 0 Å². The van der Waals surface area contributed by atoms with Gasteiger partial charge < -0.3 is 9.88 Å². The number of carbonyl (C=O) groups is 1. The molecule has 5 nitrogen and oxygen atoms in total. The molecule has 36 heavy (non-hydrogen) atoms. The van der Waals surface area contributed by atoms with E-state index in [4.69, 9.17) is 0 Å². The molecule has 0 spiro atoms. The Hall–Kier alpha value is -4.46. The van der Waals surface area contributed by atoms with Crippen molar-refractivity contribution in [3.8, 4) is 11.1 Å². The lowest BCUT2D eigenvalue weighted by Gasteiger charge is -2.14. The maximum Gasteiger partial charge on any atom is 0.416 e. The standard InChI is InChI=1S/C28H21F3N4O/c29-28(30,31)20-9-11-23(19-6-2-1-3-7-19)24(16-20)27(36)34-22-10-12-26-25(17-22)33-18-35(26)15-13-21-8-4-5-14-32-21/h1-12,14,16-18H,13,15H2,(H,34,36). The maximum absolute atomic E-state index is 13.4. The number of amides is 1. The normalized spacial score (nSPS) is 11.5. The van der Waals surface area contributed by atoms with Gasteiger partial charge in [0.25, 0.3) is 5.91 Å². The first-order valence-corrected chi connectivity index (χ1v) is 11.3. The van der Waals surface area contributed by atoms with Gasteiger partial charge in [0.05, 0.1) is 22.9 Å². The van der Waals surface area contributed by atoms with E-state index in [0.29, 0.717) is 28.9 Å². The number of aryl methyl sites for hydroxylation is 2. The average Bonchev–Trinajstić information content (AvgIpc) is 3.30. The third kappa shape index (κ3) is 4.98. The topological polar surface area (TPSA) is 59.8 Å². The number of imidazole rings is 1. The smallest absolute Gasteiger partial charge is 0.330 e. The Labute approximate surface area is 205 Å². The van der Waals surface area contributed by atoms with Crippen LogP contribution in [0.3, 0.4) is 0 Å². The fraction of sp³-hybridized carbons (Fsp3) is 0.107. The highest BCUT2D eigenvalue weighted by Crippen LogP contribution is 2.34. The summed E-state index contributed by atoms with van der Waals surface area (Å²) >= 11 is 0. The van der Waals surface area contributed by atoms with Gasteiger partial charge in [-0.3, -0.25) is 9.78 Å². The van der Waals surface area contributed by atoms with Gasteiger partial charge in [-0.15, -0.1) is 0 Å². The fourth-order valence-corrected chi connectivity index (χ4v) is 4.08. The zero-order valence-corrected chi connectivity index (χ0v) is 19.0. The molecular formula is C28H21F3N4O. The van der Waals surface area contributed by atoms with E-state index in [1.54, 1.807) is 55.0 Å². The number of hydrogen-bond acceptors (Lipinski definition) is 3. The number of benzene rings is 3. The SMILES string of the molecule is O=C(Nc1ccc2c(c1)ncn2CCc1ccccn1)c1cc(C(F)(F)F)ccc1-c1ccccc1. The Morgan fingerprint density at radius 3 is 2.44 bits per heavy atom. The Balaban J connectivity index is 1.41. The minimum Gasteiger partial charge on any atom is -0.330 e. The first kappa shape index (κ1) is 23.3. The number of rotatable bonds is 6. The molecule has 1 amide bonds. The quantitative estimate of drug-likeness (QED) is 0.294. The second-order valence-electron chi connectivity index (χ2n) is 8.29. The van der Waals surface area contributed by atoms with E-state index in [9.17, 15) is 18.0 Å². The Morgan fingerprint density at radius 2 is 1.69 bits per heavy atom. The summed E-state index contributed by atoms with van der Waals surface area (Å²) in [5.41, 5.74) is 3.09. The van der Waals surface area contributed by atoms with Gasteiger partial charge in [0, 0.05) is 36.1 Å². The zero-order valence-electron chi connectivity index (χ0n) is 19.0. The van der Waals surface area contributed by atoms with Crippen LogP contribution in [0.15, 0.2) is 97.5 Å². The first-order chi connectivity index (χ1) is 17.4. The summed E-state index contributed by atoms with van der Waals surface area (Å²) in [6.07, 6.45) is -0.350. The van der Waals surface area contributed by atoms with Crippen molar-refractivity contribution in [2.24, 2.45) is 0 Å². The van der Waals surface area contributed by atoms with E-state index in [0.717, 1.165) is 29.8 Å². The third-order valence-corrected chi connectivity index (χ3v) is 5.89. The molecule has 0 unspecified atom stereocenters. The molecule has 0 aliphatic heterocycles. The highest BCUT2D eigenvalue weighted by atomic mass is 19.4. The summed E-state index contributed by atoms with van der Waals surface area (Å²) in [4.78, 5) is 21.9. The fourth-order valence-electron chi connectivity index (χ4n) is 4.08. The molecule has 0 saturated heterocycles. The van der Waals surface area contributed by atoms with Crippen molar-refractivity contribution in [3.63, 3.8) is 0 Å². The third-order valence-electron chi connectivity index (χ3n) is 5.89. The number of fused-ring (bicyclic) bond motifs is 1. The molecule has 180 valence electrons. The minimum atomic E-state index is -4.56. The van der Waals surface area contributed by atoms with Crippen LogP contribution in [0.4, 0.5) is 18.9 Å². The highest BCUT2D eigenvalue weighted by Gasteiger charge is 2.32. The monoisotopic (exact) mass is 486 g/mol. The molecule has 0 fully saturated rings. The van der Waals surface area contributed by atoms with Crippen molar-refractivity contribution < 1.29 is 18.0 Å². The minimum absolute atomic E-state index is 0.0583. The van der Waals surface area contributed by atoms with Crippen LogP contribution in [0, 0.1) is 0 Å². The van der Waals surface area contributed by atoms with Crippen LogP contribution in [0.5, 0.6) is 0 Å². The molecule has 0 atom stereocenters. The van der Waals surface area contributed by atoms with Gasteiger partial charge in [0.15, 0.2) is 0 Å². The molecule has 0 aliphatic rings. The second-order valence-corrected chi connectivity index (χ2v) is 8.29. The van der Waals surface area contributed by atoms with Crippen molar-refractivity contribution in [2.75, 3.05) is 5.32 Å². The van der Waals surface area contributed by atoms with Gasteiger partial charge in [-0.1, -0.05) is 42.5 Å². The summed E-state index contributed by atoms with van der Waals surface area (Å²) < 4.78 is 42.2. The van der Waals surface area contributed by atoms with Crippen LogP contribution in [-0.2, 0) is 19.1 Å². The maximum atomic E-state index is 13.4. The number of nitrogens with zero attached hydrogens (tertiary/aromatic N) is 3. The number of hydrogen-bond donors (Lipinski definition) is 1. The number of nitrogens with one attached hydrogen (secondary N) is 1. The Bertz CT molecular complexity index is 1510. The lowest BCUT2D eigenvalue weighted by atomic mass is 9.96. The number of anilines is 1. The highest BCUT2D eigenvalue weighted by molar-refractivity contribution is 6.09. The lowest BCUT2D eigenvalue weighted by molar-refractivity contribution is -0.137. The van der Waals surface area contributed by atoms with Crippen molar-refractivity contribution in [3.05, 3.63) is 114 Å². The number of halogens is 3. The molecule has 0 saturated carbocycles. The first-order valence-electron chi connectivity index (χ1n) is 11.3. The summed E-state index contributed by atoms with van der Waals surface area (Å²) in [5.74, 6) is -0.631. The van der Waals surface area contributed by atoms with Crippen LogP contribution < -0.4 is 5.32 Å². The number of alkyl halides is 3. The molecule has 3 aromatic carbocycles. The summed E-state index contributed by atoms with van der Waals surface area (Å²) in [5, 5.41) is 2.74. The predicted octanol–water partition coefficient (Wildman–Crippen LogP) is 6.61. The van der Waals surface area contributed by atoms with E-state index in [1.165, 1.54) is 6.07 Å².